The number of nitrogens with zero attached hydrogens (tertiary/aromatic N) is 2. The monoisotopic (exact) mass is 397 g/mol. The van der Waals surface area contributed by atoms with Gasteiger partial charge in [-0.05, 0) is 55.0 Å². The van der Waals surface area contributed by atoms with E-state index in [0.29, 0.717) is 31.0 Å². The zero-order valence-corrected chi connectivity index (χ0v) is 16.4. The molecule has 1 unspecified atom stereocenters. The van der Waals surface area contributed by atoms with Crippen LogP contribution in [-0.2, 0) is 9.59 Å². The Morgan fingerprint density at radius 3 is 2.32 bits per heavy atom. The van der Waals surface area contributed by atoms with Crippen LogP contribution >= 0.6 is 11.6 Å². The number of likely N-dealkylation sites (tertiary alicyclic amines) is 1. The molecule has 2 aromatic rings. The van der Waals surface area contributed by atoms with E-state index in [0.717, 1.165) is 24.0 Å². The first-order chi connectivity index (χ1) is 13.6. The molecular weight excluding hydrogens is 374 g/mol. The molecule has 0 radical (unpaired) electrons. The van der Waals surface area contributed by atoms with Crippen LogP contribution in [0.15, 0.2) is 48.8 Å². The van der Waals surface area contributed by atoms with Gasteiger partial charge in [-0.2, -0.15) is 0 Å². The zero-order chi connectivity index (χ0) is 19.5. The van der Waals surface area contributed by atoms with E-state index in [2.05, 4.69) is 10.3 Å². The standard InChI is InChI=1S/C22H24ClN3O2/c23-19-7-5-15(6-8-19)20(18-2-1-11-24-14-18)25-21(27)16-9-12-26(13-10-16)22(28)17-3-4-17/h1-2,5-8,11,14,16-17,20H,3-4,9-10,12-13H2,(H,25,27). The number of hydrogen-bond donors (Lipinski definition) is 1. The van der Waals surface area contributed by atoms with Crippen molar-refractivity contribution in [1.29, 1.82) is 0 Å². The van der Waals surface area contributed by atoms with Gasteiger partial charge in [-0.3, -0.25) is 14.6 Å². The molecule has 2 heterocycles. The Labute approximate surface area is 170 Å². The van der Waals surface area contributed by atoms with Crippen molar-refractivity contribution in [2.75, 3.05) is 13.1 Å². The number of pyridine rings is 1. The van der Waals surface area contributed by atoms with Crippen molar-refractivity contribution in [2.45, 2.75) is 31.7 Å². The van der Waals surface area contributed by atoms with E-state index in [4.69, 9.17) is 11.6 Å². The van der Waals surface area contributed by atoms with Crippen LogP contribution in [0.4, 0.5) is 0 Å². The summed E-state index contributed by atoms with van der Waals surface area (Å²) in [5.41, 5.74) is 1.90. The van der Waals surface area contributed by atoms with Gasteiger partial charge in [0.1, 0.15) is 0 Å². The van der Waals surface area contributed by atoms with Gasteiger partial charge in [-0.15, -0.1) is 0 Å². The topological polar surface area (TPSA) is 62.3 Å². The Morgan fingerprint density at radius 2 is 1.71 bits per heavy atom. The summed E-state index contributed by atoms with van der Waals surface area (Å²) in [6.45, 7) is 1.35. The van der Waals surface area contributed by atoms with Gasteiger partial charge in [0, 0.05) is 42.3 Å². The van der Waals surface area contributed by atoms with Crippen LogP contribution < -0.4 is 5.32 Å². The summed E-state index contributed by atoms with van der Waals surface area (Å²) in [5, 5.41) is 3.85. The van der Waals surface area contributed by atoms with E-state index in [-0.39, 0.29) is 29.7 Å². The van der Waals surface area contributed by atoms with Crippen LogP contribution in [0.3, 0.4) is 0 Å². The minimum atomic E-state index is -0.274. The summed E-state index contributed by atoms with van der Waals surface area (Å²) in [4.78, 5) is 31.3. The van der Waals surface area contributed by atoms with Crippen LogP contribution in [-0.4, -0.2) is 34.8 Å². The Balaban J connectivity index is 1.44. The lowest BCUT2D eigenvalue weighted by atomic mass is 9.93. The summed E-state index contributed by atoms with van der Waals surface area (Å²) < 4.78 is 0. The predicted octanol–water partition coefficient (Wildman–Crippen LogP) is 3.59. The first kappa shape index (κ1) is 18.9. The van der Waals surface area contributed by atoms with Crippen molar-refractivity contribution in [3.05, 3.63) is 64.9 Å². The molecule has 1 aliphatic carbocycles. The molecule has 4 rings (SSSR count). The Morgan fingerprint density at radius 1 is 1.00 bits per heavy atom. The lowest BCUT2D eigenvalue weighted by Crippen LogP contribution is -2.44. The van der Waals surface area contributed by atoms with E-state index in [1.807, 2.05) is 41.3 Å². The largest absolute Gasteiger partial charge is 0.345 e. The third-order valence-corrected chi connectivity index (χ3v) is 5.86. The van der Waals surface area contributed by atoms with Gasteiger partial charge in [0.2, 0.25) is 11.8 Å². The number of amides is 2. The molecule has 0 spiro atoms. The van der Waals surface area contributed by atoms with E-state index in [9.17, 15) is 9.59 Å². The maximum absolute atomic E-state index is 13.0. The molecule has 1 aromatic carbocycles. The molecule has 2 aliphatic rings. The average molecular weight is 398 g/mol. The van der Waals surface area contributed by atoms with E-state index >= 15 is 0 Å². The van der Waals surface area contributed by atoms with Gasteiger partial charge in [-0.1, -0.05) is 29.8 Å². The highest BCUT2D eigenvalue weighted by molar-refractivity contribution is 6.30. The number of aromatic nitrogens is 1. The molecular formula is C22H24ClN3O2. The summed E-state index contributed by atoms with van der Waals surface area (Å²) >= 11 is 6.02. The third kappa shape index (κ3) is 4.36. The fraction of sp³-hybridized carbons (Fsp3) is 0.409. The van der Waals surface area contributed by atoms with Gasteiger partial charge in [0.05, 0.1) is 6.04 Å². The van der Waals surface area contributed by atoms with Crippen molar-refractivity contribution >= 4 is 23.4 Å². The van der Waals surface area contributed by atoms with Crippen molar-refractivity contribution < 1.29 is 9.59 Å². The van der Waals surface area contributed by atoms with Gasteiger partial charge in [0.15, 0.2) is 0 Å². The molecule has 6 heteroatoms. The predicted molar refractivity (Wildman–Crippen MR) is 108 cm³/mol. The molecule has 1 aliphatic heterocycles. The minimum absolute atomic E-state index is 0.0299. The SMILES string of the molecule is O=C(NC(c1ccc(Cl)cc1)c1cccnc1)C1CCN(C(=O)C2CC2)CC1. The fourth-order valence-corrected chi connectivity index (χ4v) is 3.90. The number of hydrogen-bond acceptors (Lipinski definition) is 3. The summed E-state index contributed by atoms with van der Waals surface area (Å²) in [5.74, 6) is 0.468. The number of benzene rings is 1. The molecule has 1 atom stereocenters. The molecule has 146 valence electrons. The zero-order valence-electron chi connectivity index (χ0n) is 15.7. The van der Waals surface area contributed by atoms with Crippen molar-refractivity contribution in [1.82, 2.24) is 15.2 Å². The number of carbonyl (C=O) groups is 2. The number of rotatable bonds is 5. The second-order valence-electron chi connectivity index (χ2n) is 7.65. The molecule has 1 saturated carbocycles. The molecule has 5 nitrogen and oxygen atoms in total. The highest BCUT2D eigenvalue weighted by Crippen LogP contribution is 2.32. The van der Waals surface area contributed by atoms with Crippen LogP contribution in [0.1, 0.15) is 42.9 Å². The number of nitrogens with one attached hydrogen (secondary N) is 1. The lowest BCUT2D eigenvalue weighted by molar-refractivity contribution is -0.136. The normalized spacial score (nSPS) is 18.5. The molecule has 2 fully saturated rings. The van der Waals surface area contributed by atoms with E-state index in [1.165, 1.54) is 0 Å². The number of halogens is 1. The number of piperidine rings is 1. The van der Waals surface area contributed by atoms with Gasteiger partial charge in [-0.25, -0.2) is 0 Å². The van der Waals surface area contributed by atoms with E-state index < -0.39 is 0 Å². The maximum Gasteiger partial charge on any atom is 0.225 e. The summed E-state index contributed by atoms with van der Waals surface area (Å²) in [6, 6.07) is 11.1. The highest BCUT2D eigenvalue weighted by Gasteiger charge is 2.36. The Bertz CT molecular complexity index is 829. The molecule has 2 amide bonds. The fourth-order valence-electron chi connectivity index (χ4n) is 3.77. The molecule has 1 saturated heterocycles. The molecule has 1 aromatic heterocycles. The van der Waals surface area contributed by atoms with Gasteiger partial charge >= 0.3 is 0 Å². The van der Waals surface area contributed by atoms with Gasteiger partial charge in [0.25, 0.3) is 0 Å². The first-order valence-corrected chi connectivity index (χ1v) is 10.2. The Hall–Kier alpha value is -2.40. The van der Waals surface area contributed by atoms with Crippen molar-refractivity contribution in [3.63, 3.8) is 0 Å². The summed E-state index contributed by atoms with van der Waals surface area (Å²) in [6.07, 6.45) is 6.96. The second-order valence-corrected chi connectivity index (χ2v) is 8.09. The third-order valence-electron chi connectivity index (χ3n) is 5.61. The van der Waals surface area contributed by atoms with Crippen LogP contribution in [0.2, 0.25) is 5.02 Å². The average Bonchev–Trinajstić information content (AvgIpc) is 3.58. The second kappa shape index (κ2) is 8.31. The first-order valence-electron chi connectivity index (χ1n) is 9.86. The molecule has 28 heavy (non-hydrogen) atoms. The number of carbonyl (C=O) groups excluding carboxylic acids is 2. The van der Waals surface area contributed by atoms with E-state index in [1.54, 1.807) is 12.4 Å². The minimum Gasteiger partial charge on any atom is -0.345 e. The van der Waals surface area contributed by atoms with Crippen LogP contribution in [0.5, 0.6) is 0 Å². The van der Waals surface area contributed by atoms with Crippen LogP contribution in [0, 0.1) is 11.8 Å². The quantitative estimate of drug-likeness (QED) is 0.838. The smallest absolute Gasteiger partial charge is 0.225 e. The van der Waals surface area contributed by atoms with Crippen molar-refractivity contribution in [2.24, 2.45) is 11.8 Å². The Kier molecular flexibility index (Phi) is 5.62. The highest BCUT2D eigenvalue weighted by atomic mass is 35.5. The van der Waals surface area contributed by atoms with Crippen molar-refractivity contribution in [3.8, 4) is 0 Å². The maximum atomic E-state index is 13.0. The van der Waals surface area contributed by atoms with Crippen LogP contribution in [0.25, 0.3) is 0 Å². The molecule has 0 bridgehead atoms. The summed E-state index contributed by atoms with van der Waals surface area (Å²) in [7, 11) is 0. The van der Waals surface area contributed by atoms with Gasteiger partial charge < -0.3 is 10.2 Å². The molecule has 1 N–H and O–H groups in total. The lowest BCUT2D eigenvalue weighted by Gasteiger charge is -2.32.